The molecule has 0 aliphatic heterocycles. The van der Waals surface area contributed by atoms with E-state index in [-0.39, 0.29) is 10.8 Å². The first-order chi connectivity index (χ1) is 9.04. The van der Waals surface area contributed by atoms with Gasteiger partial charge in [-0.2, -0.15) is 0 Å². The predicted molar refractivity (Wildman–Crippen MR) is 74.4 cm³/mol. The quantitative estimate of drug-likeness (QED) is 0.734. The summed E-state index contributed by atoms with van der Waals surface area (Å²) in [6, 6.07) is 6.67. The van der Waals surface area contributed by atoms with Gasteiger partial charge in [-0.25, -0.2) is 9.79 Å². The number of aromatic amines is 1. The molecule has 2 amide bonds. The monoisotopic (exact) mass is 277 g/mol. The average molecular weight is 277 g/mol. The number of aryl methyl sites for hydroxylation is 1. The minimum atomic E-state index is -0.580. The van der Waals surface area contributed by atoms with Gasteiger partial charge in [-0.1, -0.05) is 29.0 Å². The highest BCUT2D eigenvalue weighted by atomic mass is 32.1. The summed E-state index contributed by atoms with van der Waals surface area (Å²) >= 11 is 0.774. The SMILES string of the molecule is Cc1ccc(NC(=O)/N=C/c2sc(=O)[nH]c2O)cc1. The standard InChI is InChI=1S/C12H11N3O3S/c1-7-2-4-8(5-3-7)14-11(17)13-6-9-10(16)15-12(18)19-9/h2-6,16H,1H3,(H,14,17)(H,15,18)/b13-6+. The van der Waals surface area contributed by atoms with Crippen molar-refractivity contribution < 1.29 is 9.90 Å². The van der Waals surface area contributed by atoms with E-state index in [1.165, 1.54) is 0 Å². The number of amides is 2. The molecular formula is C12H11N3O3S. The average Bonchev–Trinajstić information content (AvgIpc) is 2.68. The molecule has 1 heterocycles. The highest BCUT2D eigenvalue weighted by molar-refractivity contribution is 7.11. The third kappa shape index (κ3) is 3.52. The molecule has 2 rings (SSSR count). The van der Waals surface area contributed by atoms with E-state index in [9.17, 15) is 14.7 Å². The van der Waals surface area contributed by atoms with Crippen LogP contribution in [0, 0.1) is 6.92 Å². The van der Waals surface area contributed by atoms with Crippen LogP contribution < -0.4 is 10.2 Å². The Balaban J connectivity index is 2.03. The number of anilines is 1. The number of benzene rings is 1. The van der Waals surface area contributed by atoms with E-state index < -0.39 is 10.9 Å². The Morgan fingerprint density at radius 3 is 2.68 bits per heavy atom. The lowest BCUT2D eigenvalue weighted by Gasteiger charge is -2.01. The topological polar surface area (TPSA) is 94.5 Å². The number of nitrogens with zero attached hydrogens (tertiary/aromatic N) is 1. The number of urea groups is 1. The van der Waals surface area contributed by atoms with E-state index in [0.717, 1.165) is 23.1 Å². The van der Waals surface area contributed by atoms with Gasteiger partial charge in [0.05, 0.1) is 6.21 Å². The van der Waals surface area contributed by atoms with Gasteiger partial charge in [0, 0.05) is 5.69 Å². The molecule has 1 aromatic carbocycles. The number of hydrogen-bond acceptors (Lipinski definition) is 4. The maximum absolute atomic E-state index is 11.5. The van der Waals surface area contributed by atoms with Gasteiger partial charge >= 0.3 is 10.9 Å². The summed E-state index contributed by atoms with van der Waals surface area (Å²) in [4.78, 5) is 28.0. The summed E-state index contributed by atoms with van der Waals surface area (Å²) in [5.41, 5.74) is 1.71. The first kappa shape index (κ1) is 13.0. The van der Waals surface area contributed by atoms with Crippen LogP contribution in [0.4, 0.5) is 10.5 Å². The van der Waals surface area contributed by atoms with Gasteiger partial charge in [0.25, 0.3) is 0 Å². The van der Waals surface area contributed by atoms with Crippen molar-refractivity contribution in [3.8, 4) is 5.88 Å². The Labute approximate surface area is 112 Å². The molecule has 0 saturated heterocycles. The minimum absolute atomic E-state index is 0.212. The summed E-state index contributed by atoms with van der Waals surface area (Å²) in [7, 11) is 0. The first-order valence-electron chi connectivity index (χ1n) is 5.38. The van der Waals surface area contributed by atoms with Gasteiger partial charge in [-0.3, -0.25) is 9.78 Å². The van der Waals surface area contributed by atoms with E-state index >= 15 is 0 Å². The highest BCUT2D eigenvalue weighted by Crippen LogP contribution is 2.13. The largest absolute Gasteiger partial charge is 0.493 e. The Kier molecular flexibility index (Phi) is 3.76. The number of H-pyrrole nitrogens is 1. The number of carbonyl (C=O) groups excluding carboxylic acids is 1. The summed E-state index contributed by atoms with van der Waals surface area (Å²) in [5.74, 6) is -0.290. The van der Waals surface area contributed by atoms with E-state index in [0.29, 0.717) is 5.69 Å². The van der Waals surface area contributed by atoms with Crippen molar-refractivity contribution in [2.75, 3.05) is 5.32 Å². The molecule has 0 bridgehead atoms. The van der Waals surface area contributed by atoms with Crippen LogP contribution in [0.2, 0.25) is 0 Å². The van der Waals surface area contributed by atoms with Gasteiger partial charge in [0.15, 0.2) is 0 Å². The fraction of sp³-hybridized carbons (Fsp3) is 0.0833. The van der Waals surface area contributed by atoms with E-state index in [1.54, 1.807) is 12.1 Å². The predicted octanol–water partition coefficient (Wildman–Crippen LogP) is 2.10. The third-order valence-corrected chi connectivity index (χ3v) is 3.06. The number of hydrogen-bond donors (Lipinski definition) is 3. The Morgan fingerprint density at radius 2 is 2.11 bits per heavy atom. The molecule has 6 nitrogen and oxygen atoms in total. The summed E-state index contributed by atoms with van der Waals surface area (Å²) in [6.45, 7) is 1.94. The van der Waals surface area contributed by atoms with Crippen LogP contribution in [0.5, 0.6) is 5.88 Å². The maximum atomic E-state index is 11.5. The van der Waals surface area contributed by atoms with Crippen molar-refractivity contribution in [3.63, 3.8) is 0 Å². The second kappa shape index (κ2) is 5.49. The lowest BCUT2D eigenvalue weighted by Crippen LogP contribution is -2.06. The summed E-state index contributed by atoms with van der Waals surface area (Å²) in [5, 5.41) is 11.9. The fourth-order valence-corrected chi connectivity index (χ4v) is 1.93. The molecule has 0 fully saturated rings. The minimum Gasteiger partial charge on any atom is -0.493 e. The number of aromatic hydroxyl groups is 1. The molecule has 2 aromatic rings. The van der Waals surface area contributed by atoms with E-state index in [4.69, 9.17) is 0 Å². The fourth-order valence-electron chi connectivity index (χ4n) is 1.33. The van der Waals surface area contributed by atoms with Crippen LogP contribution in [0.3, 0.4) is 0 Å². The smallest absolute Gasteiger partial charge is 0.345 e. The van der Waals surface area contributed by atoms with Crippen molar-refractivity contribution in [1.29, 1.82) is 0 Å². The molecule has 0 unspecified atom stereocenters. The van der Waals surface area contributed by atoms with Crippen molar-refractivity contribution >= 4 is 29.3 Å². The first-order valence-corrected chi connectivity index (χ1v) is 6.20. The molecule has 0 radical (unpaired) electrons. The Morgan fingerprint density at radius 1 is 1.42 bits per heavy atom. The molecule has 0 saturated carbocycles. The highest BCUT2D eigenvalue weighted by Gasteiger charge is 2.04. The zero-order valence-corrected chi connectivity index (χ0v) is 10.8. The van der Waals surface area contributed by atoms with Gasteiger partial charge in [-0.05, 0) is 19.1 Å². The molecule has 3 N–H and O–H groups in total. The maximum Gasteiger partial charge on any atom is 0.345 e. The van der Waals surface area contributed by atoms with Crippen molar-refractivity contribution in [1.82, 2.24) is 4.98 Å². The van der Waals surface area contributed by atoms with Crippen LogP contribution in [0.1, 0.15) is 10.4 Å². The van der Waals surface area contributed by atoms with Crippen LogP contribution in [0.15, 0.2) is 34.1 Å². The van der Waals surface area contributed by atoms with Crippen molar-refractivity contribution in [2.45, 2.75) is 6.92 Å². The number of rotatable bonds is 2. The molecule has 7 heteroatoms. The zero-order valence-electron chi connectivity index (χ0n) is 10.0. The van der Waals surface area contributed by atoms with Gasteiger partial charge in [-0.15, -0.1) is 0 Å². The Hall–Kier alpha value is -2.41. The number of nitrogens with one attached hydrogen (secondary N) is 2. The normalized spacial score (nSPS) is 10.8. The van der Waals surface area contributed by atoms with Crippen LogP contribution >= 0.6 is 11.3 Å². The molecule has 98 valence electrons. The lowest BCUT2D eigenvalue weighted by molar-refractivity contribution is 0.259. The van der Waals surface area contributed by atoms with E-state index in [2.05, 4.69) is 15.3 Å². The van der Waals surface area contributed by atoms with Crippen LogP contribution in [-0.4, -0.2) is 22.3 Å². The van der Waals surface area contributed by atoms with Crippen LogP contribution in [-0.2, 0) is 0 Å². The third-order valence-electron chi connectivity index (χ3n) is 2.26. The number of aliphatic imine (C=N–C) groups is 1. The van der Waals surface area contributed by atoms with Crippen molar-refractivity contribution in [3.05, 3.63) is 44.4 Å². The van der Waals surface area contributed by atoms with Crippen molar-refractivity contribution in [2.24, 2.45) is 4.99 Å². The summed E-state index contributed by atoms with van der Waals surface area (Å²) in [6.07, 6.45) is 1.14. The zero-order chi connectivity index (χ0) is 13.8. The van der Waals surface area contributed by atoms with Gasteiger partial charge in [0.1, 0.15) is 4.88 Å². The summed E-state index contributed by atoms with van der Waals surface area (Å²) < 4.78 is 0. The van der Waals surface area contributed by atoms with Gasteiger partial charge < -0.3 is 10.4 Å². The molecule has 0 aliphatic carbocycles. The lowest BCUT2D eigenvalue weighted by atomic mass is 10.2. The molecule has 0 aliphatic rings. The molecule has 0 spiro atoms. The molecular weight excluding hydrogens is 266 g/mol. The molecule has 19 heavy (non-hydrogen) atoms. The number of carbonyl (C=O) groups is 1. The van der Waals surface area contributed by atoms with E-state index in [1.807, 2.05) is 19.1 Å². The van der Waals surface area contributed by atoms with Crippen LogP contribution in [0.25, 0.3) is 0 Å². The second-order valence-corrected chi connectivity index (χ2v) is 4.80. The molecule has 1 aromatic heterocycles. The second-order valence-electron chi connectivity index (χ2n) is 3.78. The molecule has 0 atom stereocenters. The van der Waals surface area contributed by atoms with Gasteiger partial charge in [0.2, 0.25) is 5.88 Å². The Bertz CT molecular complexity index is 670. The number of thiazole rings is 1. The number of aromatic nitrogens is 1.